The van der Waals surface area contributed by atoms with Crippen LogP contribution in [0.2, 0.25) is 0 Å². The minimum Gasteiger partial charge on any atom is -0.207 e. The van der Waals surface area contributed by atoms with E-state index in [2.05, 4.69) is 36.2 Å². The first-order valence-electron chi connectivity index (χ1n) is 6.61. The van der Waals surface area contributed by atoms with Crippen LogP contribution in [-0.4, -0.2) is 31.0 Å². The first-order chi connectivity index (χ1) is 9.43. The maximum Gasteiger partial charge on any atom is 0.243 e. The Labute approximate surface area is 125 Å². The molecule has 6 heteroatoms. The summed E-state index contributed by atoms with van der Waals surface area (Å²) in [6, 6.07) is 6.43. The number of sulfonamides is 1. The van der Waals surface area contributed by atoms with Gasteiger partial charge in [-0.05, 0) is 54.7 Å². The zero-order valence-electron chi connectivity index (χ0n) is 11.6. The number of isothiocyanates is 1. The zero-order valence-corrected chi connectivity index (χ0v) is 13.2. The number of hydrogen-bond donors (Lipinski definition) is 0. The molecule has 0 amide bonds. The molecular weight excluding hydrogens is 292 g/mol. The fourth-order valence-corrected chi connectivity index (χ4v) is 4.48. The number of hydrogen-bond acceptors (Lipinski definition) is 4. The molecule has 1 aromatic rings. The van der Waals surface area contributed by atoms with Crippen molar-refractivity contribution in [3.05, 3.63) is 24.3 Å². The highest BCUT2D eigenvalue weighted by Crippen LogP contribution is 2.27. The van der Waals surface area contributed by atoms with Crippen molar-refractivity contribution in [3.63, 3.8) is 0 Å². The van der Waals surface area contributed by atoms with Gasteiger partial charge in [-0.25, -0.2) is 8.42 Å². The van der Waals surface area contributed by atoms with Crippen molar-refractivity contribution in [1.82, 2.24) is 4.31 Å². The Morgan fingerprint density at radius 2 is 1.75 bits per heavy atom. The van der Waals surface area contributed by atoms with E-state index in [0.29, 0.717) is 35.5 Å². The molecule has 0 radical (unpaired) electrons. The Morgan fingerprint density at radius 1 is 1.20 bits per heavy atom. The molecule has 1 aliphatic rings. The minimum absolute atomic E-state index is 0.308. The molecule has 4 nitrogen and oxygen atoms in total. The largest absolute Gasteiger partial charge is 0.243 e. The Balaban J connectivity index is 2.27. The average molecular weight is 310 g/mol. The topological polar surface area (TPSA) is 49.7 Å². The van der Waals surface area contributed by atoms with Gasteiger partial charge in [-0.1, -0.05) is 13.8 Å². The van der Waals surface area contributed by atoms with Gasteiger partial charge in [0.05, 0.1) is 15.7 Å². The molecule has 1 aromatic carbocycles. The van der Waals surface area contributed by atoms with Gasteiger partial charge in [-0.15, -0.1) is 0 Å². The quantitative estimate of drug-likeness (QED) is 0.637. The summed E-state index contributed by atoms with van der Waals surface area (Å²) >= 11 is 4.53. The molecular formula is C14H18N2O2S2. The van der Waals surface area contributed by atoms with Crippen molar-refractivity contribution in [1.29, 1.82) is 0 Å². The van der Waals surface area contributed by atoms with Crippen LogP contribution in [0.4, 0.5) is 5.69 Å². The van der Waals surface area contributed by atoms with E-state index >= 15 is 0 Å². The lowest BCUT2D eigenvalue weighted by atomic mass is 9.94. The smallest absolute Gasteiger partial charge is 0.207 e. The van der Waals surface area contributed by atoms with E-state index in [0.717, 1.165) is 6.42 Å². The van der Waals surface area contributed by atoms with Crippen LogP contribution >= 0.6 is 12.2 Å². The second-order valence-corrected chi connectivity index (χ2v) is 7.59. The first-order valence-corrected chi connectivity index (χ1v) is 8.46. The summed E-state index contributed by atoms with van der Waals surface area (Å²) in [4.78, 5) is 4.13. The van der Waals surface area contributed by atoms with Gasteiger partial charge in [-0.3, -0.25) is 0 Å². The lowest BCUT2D eigenvalue weighted by molar-refractivity contribution is 0.222. The van der Waals surface area contributed by atoms with E-state index in [1.54, 1.807) is 28.6 Å². The second-order valence-electron chi connectivity index (χ2n) is 5.47. The van der Waals surface area contributed by atoms with E-state index in [-0.39, 0.29) is 0 Å². The van der Waals surface area contributed by atoms with Crippen LogP contribution in [0.3, 0.4) is 0 Å². The van der Waals surface area contributed by atoms with Crippen molar-refractivity contribution in [2.24, 2.45) is 16.8 Å². The Hall–Kier alpha value is -1.07. The summed E-state index contributed by atoms with van der Waals surface area (Å²) in [5, 5.41) is 2.27. The highest BCUT2D eigenvalue weighted by Gasteiger charge is 2.31. The fourth-order valence-electron chi connectivity index (χ4n) is 2.70. The van der Waals surface area contributed by atoms with Gasteiger partial charge < -0.3 is 0 Å². The van der Waals surface area contributed by atoms with E-state index in [1.165, 1.54) is 0 Å². The van der Waals surface area contributed by atoms with Gasteiger partial charge in [0, 0.05) is 13.1 Å². The Bertz CT molecular complexity index is 609. The van der Waals surface area contributed by atoms with Crippen LogP contribution in [0.5, 0.6) is 0 Å². The summed E-state index contributed by atoms with van der Waals surface area (Å²) < 4.78 is 26.8. The predicted octanol–water partition coefficient (Wildman–Crippen LogP) is 3.09. The molecule has 20 heavy (non-hydrogen) atoms. The van der Waals surface area contributed by atoms with Crippen LogP contribution < -0.4 is 0 Å². The third-order valence-corrected chi connectivity index (χ3v) is 5.42. The molecule has 2 rings (SSSR count). The average Bonchev–Trinajstić information content (AvgIpc) is 2.38. The second kappa shape index (κ2) is 6.14. The molecule has 1 heterocycles. The molecule has 0 N–H and O–H groups in total. The highest BCUT2D eigenvalue weighted by atomic mass is 32.2. The van der Waals surface area contributed by atoms with Crippen molar-refractivity contribution in [2.75, 3.05) is 13.1 Å². The molecule has 0 saturated carbocycles. The zero-order chi connectivity index (χ0) is 14.8. The number of thiocarbonyl (C=S) groups is 1. The minimum atomic E-state index is -3.41. The lowest BCUT2D eigenvalue weighted by Crippen LogP contribution is -2.42. The Morgan fingerprint density at radius 3 is 2.25 bits per heavy atom. The van der Waals surface area contributed by atoms with Crippen molar-refractivity contribution < 1.29 is 8.42 Å². The molecule has 1 saturated heterocycles. The highest BCUT2D eigenvalue weighted by molar-refractivity contribution is 7.89. The number of benzene rings is 1. The molecule has 0 aromatic heterocycles. The third kappa shape index (κ3) is 3.33. The van der Waals surface area contributed by atoms with E-state index in [1.807, 2.05) is 0 Å². The number of piperidine rings is 1. The molecule has 1 fully saturated rings. The maximum absolute atomic E-state index is 12.6. The SMILES string of the molecule is C[C@@H]1C[C@H](C)CN(S(=O)(=O)c2ccc(N=C=S)cc2)C1. The predicted molar refractivity (Wildman–Crippen MR) is 82.8 cm³/mol. The summed E-state index contributed by atoms with van der Waals surface area (Å²) in [6.07, 6.45) is 1.08. The van der Waals surface area contributed by atoms with Gasteiger partial charge in [0.15, 0.2) is 0 Å². The third-order valence-electron chi connectivity index (χ3n) is 3.48. The van der Waals surface area contributed by atoms with E-state index < -0.39 is 10.0 Å². The molecule has 0 spiro atoms. The molecule has 0 bridgehead atoms. The normalized spacial score (nSPS) is 24.1. The summed E-state index contributed by atoms with van der Waals surface area (Å²) in [6.45, 7) is 5.36. The van der Waals surface area contributed by atoms with E-state index in [4.69, 9.17) is 0 Å². The van der Waals surface area contributed by atoms with Crippen LogP contribution in [0.25, 0.3) is 0 Å². The standard InChI is InChI=1S/C14H18N2O2S2/c1-11-7-12(2)9-16(8-11)20(17,18)14-5-3-13(4-6-14)15-10-19/h3-6,11-12H,7-9H2,1-2H3/t11-,12+. The summed E-state index contributed by atoms with van der Waals surface area (Å²) in [5.41, 5.74) is 0.610. The number of aliphatic imine (C=N–C) groups is 1. The van der Waals surface area contributed by atoms with Gasteiger partial charge in [0.25, 0.3) is 0 Å². The summed E-state index contributed by atoms with van der Waals surface area (Å²) in [7, 11) is -3.41. The maximum atomic E-state index is 12.6. The number of rotatable bonds is 3. The van der Waals surface area contributed by atoms with Crippen LogP contribution in [0.15, 0.2) is 34.2 Å². The van der Waals surface area contributed by atoms with Gasteiger partial charge in [0.2, 0.25) is 10.0 Å². The van der Waals surface area contributed by atoms with Crippen molar-refractivity contribution in [2.45, 2.75) is 25.2 Å². The molecule has 2 atom stereocenters. The fraction of sp³-hybridized carbons (Fsp3) is 0.500. The van der Waals surface area contributed by atoms with Crippen molar-refractivity contribution >= 4 is 33.1 Å². The molecule has 108 valence electrons. The first kappa shape index (κ1) is 15.3. The van der Waals surface area contributed by atoms with Crippen LogP contribution in [0, 0.1) is 11.8 Å². The van der Waals surface area contributed by atoms with Gasteiger partial charge >= 0.3 is 0 Å². The van der Waals surface area contributed by atoms with E-state index in [9.17, 15) is 8.42 Å². The van der Waals surface area contributed by atoms with Gasteiger partial charge in [-0.2, -0.15) is 9.30 Å². The number of nitrogens with zero attached hydrogens (tertiary/aromatic N) is 2. The van der Waals surface area contributed by atoms with Crippen molar-refractivity contribution in [3.8, 4) is 0 Å². The Kier molecular flexibility index (Phi) is 4.70. The lowest BCUT2D eigenvalue weighted by Gasteiger charge is -2.34. The van der Waals surface area contributed by atoms with Crippen LogP contribution in [-0.2, 0) is 10.0 Å². The molecule has 0 unspecified atom stereocenters. The summed E-state index contributed by atoms with van der Waals surface area (Å²) in [5.74, 6) is 0.791. The molecule has 0 aliphatic carbocycles. The van der Waals surface area contributed by atoms with Gasteiger partial charge in [0.1, 0.15) is 0 Å². The monoisotopic (exact) mass is 310 g/mol. The molecule has 1 aliphatic heterocycles. The van der Waals surface area contributed by atoms with Crippen LogP contribution in [0.1, 0.15) is 20.3 Å².